The molecule has 0 aromatic heterocycles. The molecule has 0 spiro atoms. The number of nitrogens with one attached hydrogen (secondary N) is 2. The molecule has 2 amide bonds. The number of carbonyl (C=O) groups excluding carboxylic acids is 3. The summed E-state index contributed by atoms with van der Waals surface area (Å²) in [6.07, 6.45) is 0.228. The molecule has 156 valence electrons. The van der Waals surface area contributed by atoms with E-state index in [1.165, 1.54) is 19.1 Å². The van der Waals surface area contributed by atoms with Crippen molar-refractivity contribution < 1.29 is 27.5 Å². The molecule has 2 N–H and O–H groups in total. The van der Waals surface area contributed by atoms with Gasteiger partial charge in [-0.25, -0.2) is 13.2 Å². The first kappa shape index (κ1) is 23.6. The molecule has 0 radical (unpaired) electrons. The molecule has 0 fully saturated rings. The van der Waals surface area contributed by atoms with E-state index in [0.29, 0.717) is 6.42 Å². The quantitative estimate of drug-likeness (QED) is 0.555. The van der Waals surface area contributed by atoms with E-state index < -0.39 is 33.8 Å². The largest absolute Gasteiger partial charge is 0.467 e. The van der Waals surface area contributed by atoms with E-state index in [-0.39, 0.29) is 28.9 Å². The van der Waals surface area contributed by atoms with Crippen molar-refractivity contribution in [3.8, 4) is 0 Å². The Morgan fingerprint density at radius 3 is 2.14 bits per heavy atom. The van der Waals surface area contributed by atoms with Gasteiger partial charge in [0.2, 0.25) is 11.8 Å². The van der Waals surface area contributed by atoms with Gasteiger partial charge in [0, 0.05) is 6.92 Å². The second-order valence-corrected chi connectivity index (χ2v) is 9.00. The number of hydrogen-bond acceptors (Lipinski definition) is 6. The number of ether oxygens (including phenoxy) is 1. The number of hydrogen-bond donors (Lipinski definition) is 2. The van der Waals surface area contributed by atoms with Crippen LogP contribution in [0.3, 0.4) is 0 Å². The number of methoxy groups -OCH3 is 1. The molecule has 1 aromatic rings. The molecule has 28 heavy (non-hydrogen) atoms. The highest BCUT2D eigenvalue weighted by atomic mass is 32.2. The van der Waals surface area contributed by atoms with Crippen molar-refractivity contribution in [3.05, 3.63) is 30.3 Å². The van der Waals surface area contributed by atoms with Crippen LogP contribution in [0.4, 0.5) is 0 Å². The third-order valence-electron chi connectivity index (χ3n) is 3.98. The van der Waals surface area contributed by atoms with Crippen molar-refractivity contribution >= 4 is 27.6 Å². The highest BCUT2D eigenvalue weighted by Gasteiger charge is 2.29. The van der Waals surface area contributed by atoms with E-state index in [1.807, 2.05) is 13.8 Å². The Morgan fingerprint density at radius 2 is 1.64 bits per heavy atom. The first-order valence-electron chi connectivity index (χ1n) is 9.00. The van der Waals surface area contributed by atoms with Gasteiger partial charge in [-0.15, -0.1) is 0 Å². The van der Waals surface area contributed by atoms with Crippen LogP contribution < -0.4 is 10.6 Å². The zero-order valence-corrected chi connectivity index (χ0v) is 17.4. The molecule has 0 unspecified atom stereocenters. The number of amides is 2. The summed E-state index contributed by atoms with van der Waals surface area (Å²) in [6.45, 7) is 5.09. The highest BCUT2D eigenvalue weighted by molar-refractivity contribution is 7.91. The predicted octanol–water partition coefficient (Wildman–Crippen LogP) is 1.06. The molecule has 9 heteroatoms. The van der Waals surface area contributed by atoms with Gasteiger partial charge < -0.3 is 15.4 Å². The van der Waals surface area contributed by atoms with Crippen LogP contribution in [0.25, 0.3) is 0 Å². The molecule has 8 nitrogen and oxygen atoms in total. The van der Waals surface area contributed by atoms with Crippen molar-refractivity contribution in [1.82, 2.24) is 10.6 Å². The van der Waals surface area contributed by atoms with Gasteiger partial charge in [-0.2, -0.15) is 0 Å². The van der Waals surface area contributed by atoms with Crippen LogP contribution in [0.5, 0.6) is 0 Å². The van der Waals surface area contributed by atoms with Gasteiger partial charge in [0.25, 0.3) is 0 Å². The van der Waals surface area contributed by atoms with Gasteiger partial charge in [0.15, 0.2) is 9.84 Å². The Morgan fingerprint density at radius 1 is 1.04 bits per heavy atom. The van der Waals surface area contributed by atoms with Gasteiger partial charge in [-0.1, -0.05) is 32.0 Å². The maximum absolute atomic E-state index is 12.6. The first-order valence-corrected chi connectivity index (χ1v) is 10.6. The minimum absolute atomic E-state index is 0.123. The van der Waals surface area contributed by atoms with E-state index >= 15 is 0 Å². The second kappa shape index (κ2) is 10.8. The normalized spacial score (nSPS) is 13.5. The van der Waals surface area contributed by atoms with Gasteiger partial charge in [0.1, 0.15) is 12.1 Å². The van der Waals surface area contributed by atoms with Crippen molar-refractivity contribution in [1.29, 1.82) is 0 Å². The lowest BCUT2D eigenvalue weighted by molar-refractivity contribution is -0.145. The maximum atomic E-state index is 12.6. The van der Waals surface area contributed by atoms with E-state index in [4.69, 9.17) is 4.74 Å². The zero-order chi connectivity index (χ0) is 21.3. The summed E-state index contributed by atoms with van der Waals surface area (Å²) in [5, 5.41) is 5.06. The molecule has 0 aliphatic rings. The van der Waals surface area contributed by atoms with Crippen molar-refractivity contribution in [2.45, 2.75) is 50.6 Å². The predicted molar refractivity (Wildman–Crippen MR) is 104 cm³/mol. The van der Waals surface area contributed by atoms with Crippen LogP contribution in [-0.4, -0.2) is 51.1 Å². The van der Waals surface area contributed by atoms with E-state index in [0.717, 1.165) is 7.11 Å². The van der Waals surface area contributed by atoms with Gasteiger partial charge in [-0.05, 0) is 30.9 Å². The van der Waals surface area contributed by atoms with Crippen molar-refractivity contribution in [2.75, 3.05) is 12.9 Å². The minimum Gasteiger partial charge on any atom is -0.467 e. The number of esters is 1. The summed E-state index contributed by atoms with van der Waals surface area (Å²) in [4.78, 5) is 36.1. The Labute approximate surface area is 165 Å². The fourth-order valence-corrected chi connectivity index (χ4v) is 3.98. The topological polar surface area (TPSA) is 119 Å². The Bertz CT molecular complexity index is 777. The van der Waals surface area contributed by atoms with Crippen LogP contribution in [0.15, 0.2) is 35.2 Å². The molecule has 0 aliphatic heterocycles. The first-order chi connectivity index (χ1) is 13.1. The SMILES string of the molecule is COC(=O)[C@H](CCS(=O)(=O)c1ccccc1)NC(=O)[C@H](CC(C)C)NC(C)=O. The summed E-state index contributed by atoms with van der Waals surface area (Å²) >= 11 is 0. The summed E-state index contributed by atoms with van der Waals surface area (Å²) in [5.41, 5.74) is 0. The summed E-state index contributed by atoms with van der Waals surface area (Å²) in [6, 6.07) is 5.89. The molecular formula is C19H28N2O6S. The number of carbonyl (C=O) groups is 3. The summed E-state index contributed by atoms with van der Waals surface area (Å²) < 4.78 is 29.6. The zero-order valence-electron chi connectivity index (χ0n) is 16.6. The van der Waals surface area contributed by atoms with Crippen LogP contribution in [-0.2, 0) is 29.0 Å². The number of benzene rings is 1. The van der Waals surface area contributed by atoms with Crippen LogP contribution in [0.1, 0.15) is 33.6 Å². The molecule has 0 bridgehead atoms. The fourth-order valence-electron chi connectivity index (χ4n) is 2.63. The maximum Gasteiger partial charge on any atom is 0.328 e. The standard InChI is InChI=1S/C19H28N2O6S/c1-13(2)12-17(20-14(3)22)18(23)21-16(19(24)27-4)10-11-28(25,26)15-8-6-5-7-9-15/h5-9,13,16-17H,10-12H2,1-4H3,(H,20,22)(H,21,23)/t16-,17-/m0/s1. The van der Waals surface area contributed by atoms with Gasteiger partial charge >= 0.3 is 5.97 Å². The smallest absolute Gasteiger partial charge is 0.328 e. The third kappa shape index (κ3) is 7.67. The second-order valence-electron chi connectivity index (χ2n) is 6.89. The summed E-state index contributed by atoms with van der Waals surface area (Å²) in [7, 11) is -2.46. The Hall–Kier alpha value is -2.42. The average Bonchev–Trinajstić information content (AvgIpc) is 2.63. The van der Waals surface area contributed by atoms with Gasteiger partial charge in [0.05, 0.1) is 17.8 Å². The molecule has 0 saturated carbocycles. The highest BCUT2D eigenvalue weighted by Crippen LogP contribution is 2.13. The number of sulfone groups is 1. The molecular weight excluding hydrogens is 384 g/mol. The lowest BCUT2D eigenvalue weighted by Gasteiger charge is -2.23. The van der Waals surface area contributed by atoms with Crippen LogP contribution in [0, 0.1) is 5.92 Å². The molecule has 1 aromatic carbocycles. The molecule has 1 rings (SSSR count). The lowest BCUT2D eigenvalue weighted by atomic mass is 10.0. The van der Waals surface area contributed by atoms with Gasteiger partial charge in [-0.3, -0.25) is 9.59 Å². The molecule has 0 saturated heterocycles. The van der Waals surface area contributed by atoms with Crippen molar-refractivity contribution in [2.24, 2.45) is 5.92 Å². The molecule has 2 atom stereocenters. The lowest BCUT2D eigenvalue weighted by Crippen LogP contribution is -2.52. The van der Waals surface area contributed by atoms with Crippen molar-refractivity contribution in [3.63, 3.8) is 0 Å². The third-order valence-corrected chi connectivity index (χ3v) is 5.74. The van der Waals surface area contributed by atoms with E-state index in [1.54, 1.807) is 18.2 Å². The Kier molecular flexibility index (Phi) is 9.11. The summed E-state index contributed by atoms with van der Waals surface area (Å²) in [5.74, 6) is -1.90. The molecule has 0 aliphatic carbocycles. The Balaban J connectivity index is 2.88. The van der Waals surface area contributed by atoms with Crippen LogP contribution in [0.2, 0.25) is 0 Å². The minimum atomic E-state index is -3.62. The average molecular weight is 413 g/mol. The molecule has 0 heterocycles. The van der Waals surface area contributed by atoms with Crippen LogP contribution >= 0.6 is 0 Å². The number of rotatable bonds is 10. The monoisotopic (exact) mass is 412 g/mol. The van der Waals surface area contributed by atoms with E-state index in [9.17, 15) is 22.8 Å². The fraction of sp³-hybridized carbons (Fsp3) is 0.526. The van der Waals surface area contributed by atoms with E-state index in [2.05, 4.69) is 10.6 Å².